The van der Waals surface area contributed by atoms with Crippen LogP contribution in [0.1, 0.15) is 0 Å². The van der Waals surface area contributed by atoms with Gasteiger partial charge in [0.15, 0.2) is 20.3 Å². The van der Waals surface area contributed by atoms with Crippen LogP contribution < -0.4 is 4.74 Å². The first kappa shape index (κ1) is 10.6. The number of aromatic nitrogens is 4. The summed E-state index contributed by atoms with van der Waals surface area (Å²) in [5.41, 5.74) is 0. The Balaban J connectivity index is 2.32. The molecular weight excluding hydrogens is 256 g/mol. The van der Waals surface area contributed by atoms with Crippen molar-refractivity contribution in [2.45, 2.75) is 9.37 Å². The van der Waals surface area contributed by atoms with Crippen LogP contribution in [0.5, 0.6) is 5.75 Å². The normalized spacial score (nSPS) is 10.3. The predicted molar refractivity (Wildman–Crippen MR) is 57.6 cm³/mol. The van der Waals surface area contributed by atoms with E-state index in [2.05, 4.69) is 19.3 Å². The Morgan fingerprint density at radius 2 is 2.20 bits per heavy atom. The van der Waals surface area contributed by atoms with Crippen molar-refractivity contribution >= 4 is 34.9 Å². The van der Waals surface area contributed by atoms with Gasteiger partial charge in [0.1, 0.15) is 12.7 Å². The first-order chi connectivity index (χ1) is 7.31. The summed E-state index contributed by atoms with van der Waals surface area (Å²) >= 11 is 8.48. The Morgan fingerprint density at radius 1 is 1.33 bits per heavy atom. The molecule has 78 valence electrons. The molecule has 15 heavy (non-hydrogen) atoms. The molecule has 8 heteroatoms. The van der Waals surface area contributed by atoms with Crippen LogP contribution in [-0.4, -0.2) is 26.4 Å². The molecule has 0 saturated carbocycles. The van der Waals surface area contributed by atoms with Gasteiger partial charge in [0, 0.05) is 0 Å². The van der Waals surface area contributed by atoms with E-state index in [-0.39, 0.29) is 0 Å². The quantitative estimate of drug-likeness (QED) is 0.788. The molecule has 0 amide bonds. The lowest BCUT2D eigenvalue weighted by molar-refractivity contribution is 0.398. The Bertz CT molecular complexity index is 450. The van der Waals surface area contributed by atoms with E-state index in [0.717, 1.165) is 4.34 Å². The highest BCUT2D eigenvalue weighted by Crippen LogP contribution is 2.36. The zero-order valence-electron chi connectivity index (χ0n) is 7.55. The lowest BCUT2D eigenvalue weighted by Gasteiger charge is -2.05. The van der Waals surface area contributed by atoms with Crippen LogP contribution in [0.15, 0.2) is 22.0 Å². The van der Waals surface area contributed by atoms with Gasteiger partial charge in [-0.25, -0.2) is 15.0 Å². The van der Waals surface area contributed by atoms with E-state index in [1.807, 2.05) is 0 Å². The zero-order valence-corrected chi connectivity index (χ0v) is 9.94. The molecule has 2 aromatic heterocycles. The molecule has 0 unspecified atom stereocenters. The van der Waals surface area contributed by atoms with Gasteiger partial charge in [-0.2, -0.15) is 4.37 Å². The summed E-state index contributed by atoms with van der Waals surface area (Å²) in [6.45, 7) is 0. The largest absolute Gasteiger partial charge is 0.491 e. The number of rotatable bonds is 3. The second-order valence-corrected chi connectivity index (χ2v) is 4.69. The van der Waals surface area contributed by atoms with Gasteiger partial charge in [-0.15, -0.1) is 0 Å². The van der Waals surface area contributed by atoms with Crippen molar-refractivity contribution < 1.29 is 4.74 Å². The average Bonchev–Trinajstić information content (AvgIpc) is 2.71. The third kappa shape index (κ3) is 2.36. The topological polar surface area (TPSA) is 60.8 Å². The van der Waals surface area contributed by atoms with Gasteiger partial charge in [-0.1, -0.05) is 11.6 Å². The Labute approximate surface area is 99.1 Å². The maximum absolute atomic E-state index is 5.85. The standard InChI is InChI=1S/C7H5ClN4OS2/c1-13-4-5(8)9-2-10-6(4)14-7-11-3-12-15-7/h2-3H,1H3. The number of methoxy groups -OCH3 is 1. The molecule has 2 heterocycles. The molecule has 0 N–H and O–H groups in total. The van der Waals surface area contributed by atoms with E-state index >= 15 is 0 Å². The lowest BCUT2D eigenvalue weighted by Crippen LogP contribution is -1.92. The molecule has 2 aromatic rings. The molecule has 0 spiro atoms. The van der Waals surface area contributed by atoms with E-state index in [9.17, 15) is 0 Å². The number of hydrogen-bond donors (Lipinski definition) is 0. The Morgan fingerprint density at radius 3 is 2.87 bits per heavy atom. The van der Waals surface area contributed by atoms with Gasteiger partial charge in [-0.05, 0) is 23.3 Å². The van der Waals surface area contributed by atoms with Gasteiger partial charge in [0.25, 0.3) is 0 Å². The van der Waals surface area contributed by atoms with Crippen LogP contribution in [0, 0.1) is 0 Å². The van der Waals surface area contributed by atoms with Crippen molar-refractivity contribution in [3.05, 3.63) is 17.8 Å². The predicted octanol–water partition coefficient (Wildman–Crippen LogP) is 2.14. The number of nitrogens with zero attached hydrogens (tertiary/aromatic N) is 4. The summed E-state index contributed by atoms with van der Waals surface area (Å²) in [6, 6.07) is 0. The van der Waals surface area contributed by atoms with E-state index in [1.54, 1.807) is 0 Å². The molecule has 0 aliphatic rings. The number of halogens is 1. The molecule has 0 saturated heterocycles. The van der Waals surface area contributed by atoms with E-state index in [1.165, 1.54) is 43.1 Å². The van der Waals surface area contributed by atoms with Crippen molar-refractivity contribution in [2.75, 3.05) is 7.11 Å². The van der Waals surface area contributed by atoms with Crippen molar-refractivity contribution in [1.82, 2.24) is 19.3 Å². The van der Waals surface area contributed by atoms with Crippen LogP contribution in [0.4, 0.5) is 0 Å². The second-order valence-electron chi connectivity index (χ2n) is 2.31. The third-order valence-corrected chi connectivity index (χ3v) is 3.43. The first-order valence-corrected chi connectivity index (χ1v) is 5.77. The average molecular weight is 261 g/mol. The maximum atomic E-state index is 5.85. The zero-order chi connectivity index (χ0) is 10.7. The minimum absolute atomic E-state index is 0.291. The Hall–Kier alpha value is -0.920. The molecular formula is C7H5ClN4OS2. The molecule has 0 bridgehead atoms. The number of hydrogen-bond acceptors (Lipinski definition) is 7. The van der Waals surface area contributed by atoms with Gasteiger partial charge in [0.05, 0.1) is 7.11 Å². The van der Waals surface area contributed by atoms with Crippen LogP contribution in [0.2, 0.25) is 5.15 Å². The molecule has 2 rings (SSSR count). The van der Waals surface area contributed by atoms with Crippen LogP contribution >= 0.6 is 34.9 Å². The van der Waals surface area contributed by atoms with Crippen molar-refractivity contribution in [3.63, 3.8) is 0 Å². The molecule has 0 atom stereocenters. The van der Waals surface area contributed by atoms with Crippen molar-refractivity contribution in [2.24, 2.45) is 0 Å². The van der Waals surface area contributed by atoms with Gasteiger partial charge in [0.2, 0.25) is 0 Å². The van der Waals surface area contributed by atoms with Crippen LogP contribution in [-0.2, 0) is 0 Å². The van der Waals surface area contributed by atoms with Crippen LogP contribution in [0.3, 0.4) is 0 Å². The fourth-order valence-corrected chi connectivity index (χ4v) is 2.57. The third-order valence-electron chi connectivity index (χ3n) is 1.46. The molecule has 0 radical (unpaired) electrons. The molecule has 0 aromatic carbocycles. The van der Waals surface area contributed by atoms with Gasteiger partial charge < -0.3 is 4.74 Å². The summed E-state index contributed by atoms with van der Waals surface area (Å²) in [7, 11) is 1.52. The van der Waals surface area contributed by atoms with Crippen molar-refractivity contribution in [3.8, 4) is 5.75 Å². The SMILES string of the molecule is COc1c(Cl)ncnc1Sc1ncns1. The maximum Gasteiger partial charge on any atom is 0.189 e. The van der Waals surface area contributed by atoms with Crippen molar-refractivity contribution in [1.29, 1.82) is 0 Å². The van der Waals surface area contributed by atoms with Crippen LogP contribution in [0.25, 0.3) is 0 Å². The molecule has 5 nitrogen and oxygen atoms in total. The molecule has 0 aliphatic heterocycles. The fourth-order valence-electron chi connectivity index (χ4n) is 0.872. The highest BCUT2D eigenvalue weighted by molar-refractivity contribution is 8.01. The van der Waals surface area contributed by atoms with Gasteiger partial charge >= 0.3 is 0 Å². The van der Waals surface area contributed by atoms with E-state index in [0.29, 0.717) is 15.9 Å². The minimum Gasteiger partial charge on any atom is -0.491 e. The lowest BCUT2D eigenvalue weighted by atomic mass is 10.6. The first-order valence-electron chi connectivity index (χ1n) is 3.80. The fraction of sp³-hybridized carbons (Fsp3) is 0.143. The Kier molecular flexibility index (Phi) is 3.34. The molecule has 0 fully saturated rings. The monoisotopic (exact) mass is 260 g/mol. The summed E-state index contributed by atoms with van der Waals surface area (Å²) in [5, 5.41) is 0.925. The highest BCUT2D eigenvalue weighted by Gasteiger charge is 2.12. The van der Waals surface area contributed by atoms with Gasteiger partial charge in [-0.3, -0.25) is 0 Å². The summed E-state index contributed by atoms with van der Waals surface area (Å²) in [4.78, 5) is 11.9. The summed E-state index contributed by atoms with van der Waals surface area (Å²) in [6.07, 6.45) is 2.87. The van der Waals surface area contributed by atoms with E-state index in [4.69, 9.17) is 16.3 Å². The summed E-state index contributed by atoms with van der Waals surface area (Å²) < 4.78 is 9.77. The molecule has 0 aliphatic carbocycles. The number of ether oxygens (including phenoxy) is 1. The minimum atomic E-state index is 0.291. The second kappa shape index (κ2) is 4.73. The highest BCUT2D eigenvalue weighted by atomic mass is 35.5. The smallest absolute Gasteiger partial charge is 0.189 e. The van der Waals surface area contributed by atoms with E-state index < -0.39 is 0 Å². The summed E-state index contributed by atoms with van der Waals surface area (Å²) in [5.74, 6) is 0.458.